The van der Waals surface area contributed by atoms with Gasteiger partial charge in [0, 0.05) is 19.6 Å². The standard InChI is InChI=1S/C17H26N2O2/c1-15-7-6-10-19(13-15)17(20)14-18(2)11-12-21-16-8-4-3-5-9-16/h3-5,8-9,15H,6-7,10-14H2,1-2H3. The van der Waals surface area contributed by atoms with Gasteiger partial charge in [-0.1, -0.05) is 25.1 Å². The number of hydrogen-bond donors (Lipinski definition) is 0. The number of amides is 1. The van der Waals surface area contributed by atoms with E-state index in [1.165, 1.54) is 6.42 Å². The first kappa shape index (κ1) is 15.8. The summed E-state index contributed by atoms with van der Waals surface area (Å²) in [7, 11) is 1.97. The number of carbonyl (C=O) groups is 1. The van der Waals surface area contributed by atoms with E-state index in [1.54, 1.807) is 0 Å². The summed E-state index contributed by atoms with van der Waals surface area (Å²) in [5.41, 5.74) is 0. The highest BCUT2D eigenvalue weighted by molar-refractivity contribution is 5.78. The quantitative estimate of drug-likeness (QED) is 0.805. The summed E-state index contributed by atoms with van der Waals surface area (Å²) in [4.78, 5) is 16.3. The number of likely N-dealkylation sites (tertiary alicyclic amines) is 1. The maximum Gasteiger partial charge on any atom is 0.236 e. The van der Waals surface area contributed by atoms with Gasteiger partial charge in [0.05, 0.1) is 6.54 Å². The molecule has 21 heavy (non-hydrogen) atoms. The minimum Gasteiger partial charge on any atom is -0.492 e. The van der Waals surface area contributed by atoms with Crippen LogP contribution >= 0.6 is 0 Å². The summed E-state index contributed by atoms with van der Waals surface area (Å²) in [6, 6.07) is 9.78. The van der Waals surface area contributed by atoms with Crippen LogP contribution in [0.2, 0.25) is 0 Å². The number of hydrogen-bond acceptors (Lipinski definition) is 3. The second-order valence-corrected chi connectivity index (χ2v) is 5.99. The van der Waals surface area contributed by atoms with E-state index >= 15 is 0 Å². The van der Waals surface area contributed by atoms with Crippen LogP contribution in [0.4, 0.5) is 0 Å². The van der Waals surface area contributed by atoms with Crippen LogP contribution in [0, 0.1) is 5.92 Å². The van der Waals surface area contributed by atoms with E-state index < -0.39 is 0 Å². The molecule has 1 aliphatic rings. The summed E-state index contributed by atoms with van der Waals surface area (Å²) in [5, 5.41) is 0. The zero-order valence-corrected chi connectivity index (χ0v) is 13.1. The lowest BCUT2D eigenvalue weighted by atomic mass is 10.0. The van der Waals surface area contributed by atoms with Crippen LogP contribution in [-0.2, 0) is 4.79 Å². The molecule has 1 aliphatic heterocycles. The Morgan fingerprint density at radius 1 is 1.38 bits per heavy atom. The van der Waals surface area contributed by atoms with Gasteiger partial charge in [0.2, 0.25) is 5.91 Å². The van der Waals surface area contributed by atoms with Crippen molar-refractivity contribution in [3.8, 4) is 5.75 Å². The summed E-state index contributed by atoms with van der Waals surface area (Å²) in [6.45, 7) is 5.88. The van der Waals surface area contributed by atoms with Crippen LogP contribution < -0.4 is 4.74 Å². The highest BCUT2D eigenvalue weighted by atomic mass is 16.5. The van der Waals surface area contributed by atoms with E-state index in [1.807, 2.05) is 47.2 Å². The molecule has 0 bridgehead atoms. The molecule has 1 unspecified atom stereocenters. The van der Waals surface area contributed by atoms with Gasteiger partial charge in [-0.05, 0) is 37.9 Å². The first-order chi connectivity index (χ1) is 10.1. The smallest absolute Gasteiger partial charge is 0.236 e. The Morgan fingerprint density at radius 3 is 2.86 bits per heavy atom. The molecule has 1 fully saturated rings. The van der Waals surface area contributed by atoms with Crippen molar-refractivity contribution in [2.75, 3.05) is 39.8 Å². The maximum absolute atomic E-state index is 12.2. The molecule has 1 amide bonds. The first-order valence-electron chi connectivity index (χ1n) is 7.79. The van der Waals surface area contributed by atoms with Crippen molar-refractivity contribution in [2.24, 2.45) is 5.92 Å². The molecule has 0 spiro atoms. The molecule has 1 atom stereocenters. The molecular formula is C17H26N2O2. The maximum atomic E-state index is 12.2. The fourth-order valence-electron chi connectivity index (χ4n) is 2.66. The van der Waals surface area contributed by atoms with E-state index in [2.05, 4.69) is 6.92 Å². The van der Waals surface area contributed by atoms with Crippen LogP contribution in [0.25, 0.3) is 0 Å². The monoisotopic (exact) mass is 290 g/mol. The minimum atomic E-state index is 0.240. The van der Waals surface area contributed by atoms with E-state index in [0.29, 0.717) is 19.1 Å². The molecule has 1 heterocycles. The number of nitrogens with zero attached hydrogens (tertiary/aromatic N) is 2. The van der Waals surface area contributed by atoms with Gasteiger partial charge in [-0.3, -0.25) is 9.69 Å². The third-order valence-electron chi connectivity index (χ3n) is 3.90. The zero-order valence-electron chi connectivity index (χ0n) is 13.1. The number of piperidine rings is 1. The minimum absolute atomic E-state index is 0.240. The number of rotatable bonds is 6. The van der Waals surface area contributed by atoms with Gasteiger partial charge in [0.15, 0.2) is 0 Å². The van der Waals surface area contributed by atoms with E-state index in [9.17, 15) is 4.79 Å². The Balaban J connectivity index is 1.66. The van der Waals surface area contributed by atoms with Crippen molar-refractivity contribution in [3.05, 3.63) is 30.3 Å². The van der Waals surface area contributed by atoms with Crippen LogP contribution in [-0.4, -0.2) is 55.5 Å². The summed E-state index contributed by atoms with van der Waals surface area (Å²) < 4.78 is 5.65. The number of likely N-dealkylation sites (N-methyl/N-ethyl adjacent to an activating group) is 1. The van der Waals surface area contributed by atoms with Crippen molar-refractivity contribution in [2.45, 2.75) is 19.8 Å². The molecule has 1 aromatic carbocycles. The second-order valence-electron chi connectivity index (χ2n) is 5.99. The molecule has 1 aromatic rings. The van der Waals surface area contributed by atoms with Crippen molar-refractivity contribution >= 4 is 5.91 Å². The number of benzene rings is 1. The van der Waals surface area contributed by atoms with Crippen LogP contribution in [0.3, 0.4) is 0 Å². The third-order valence-corrected chi connectivity index (χ3v) is 3.90. The molecule has 4 nitrogen and oxygen atoms in total. The Kier molecular flexibility index (Phi) is 6.05. The highest BCUT2D eigenvalue weighted by Crippen LogP contribution is 2.15. The van der Waals surface area contributed by atoms with Gasteiger partial charge in [-0.2, -0.15) is 0 Å². The molecule has 0 radical (unpaired) electrons. The molecular weight excluding hydrogens is 264 g/mol. The predicted molar refractivity (Wildman–Crippen MR) is 84.4 cm³/mol. The first-order valence-corrected chi connectivity index (χ1v) is 7.79. The largest absolute Gasteiger partial charge is 0.492 e. The Labute approximate surface area is 127 Å². The van der Waals surface area contributed by atoms with Crippen LogP contribution in [0.15, 0.2) is 30.3 Å². The van der Waals surface area contributed by atoms with E-state index in [-0.39, 0.29) is 5.91 Å². The molecule has 1 saturated heterocycles. The molecule has 4 heteroatoms. The lowest BCUT2D eigenvalue weighted by Crippen LogP contribution is -2.44. The summed E-state index contributed by atoms with van der Waals surface area (Å²) >= 11 is 0. The second kappa shape index (κ2) is 8.03. The van der Waals surface area contributed by atoms with Gasteiger partial charge in [0.25, 0.3) is 0 Å². The van der Waals surface area contributed by atoms with Crippen molar-refractivity contribution < 1.29 is 9.53 Å². The van der Waals surface area contributed by atoms with Gasteiger partial charge in [-0.15, -0.1) is 0 Å². The van der Waals surface area contributed by atoms with Crippen LogP contribution in [0.5, 0.6) is 5.75 Å². The molecule has 116 valence electrons. The lowest BCUT2D eigenvalue weighted by molar-refractivity contribution is -0.133. The molecule has 0 aliphatic carbocycles. The number of carbonyl (C=O) groups excluding carboxylic acids is 1. The van der Waals surface area contributed by atoms with Crippen molar-refractivity contribution in [1.29, 1.82) is 0 Å². The zero-order chi connectivity index (χ0) is 15.1. The fraction of sp³-hybridized carbons (Fsp3) is 0.588. The number of para-hydroxylation sites is 1. The highest BCUT2D eigenvalue weighted by Gasteiger charge is 2.21. The fourth-order valence-corrected chi connectivity index (χ4v) is 2.66. The van der Waals surface area contributed by atoms with Gasteiger partial charge in [0.1, 0.15) is 12.4 Å². The van der Waals surface area contributed by atoms with E-state index in [4.69, 9.17) is 4.74 Å². The van der Waals surface area contributed by atoms with E-state index in [0.717, 1.165) is 31.8 Å². The third kappa shape index (κ3) is 5.38. The normalized spacial score (nSPS) is 18.8. The van der Waals surface area contributed by atoms with Gasteiger partial charge in [-0.25, -0.2) is 0 Å². The number of ether oxygens (including phenoxy) is 1. The molecule has 0 saturated carbocycles. The average molecular weight is 290 g/mol. The summed E-state index contributed by atoms with van der Waals surface area (Å²) in [6.07, 6.45) is 2.37. The Morgan fingerprint density at radius 2 is 2.14 bits per heavy atom. The topological polar surface area (TPSA) is 32.8 Å². The van der Waals surface area contributed by atoms with Crippen LogP contribution in [0.1, 0.15) is 19.8 Å². The SMILES string of the molecule is CC1CCCN(C(=O)CN(C)CCOc2ccccc2)C1. The van der Waals surface area contributed by atoms with Crippen molar-refractivity contribution in [3.63, 3.8) is 0 Å². The van der Waals surface area contributed by atoms with Crippen molar-refractivity contribution in [1.82, 2.24) is 9.80 Å². The molecule has 0 N–H and O–H groups in total. The average Bonchev–Trinajstić information content (AvgIpc) is 2.48. The Hall–Kier alpha value is -1.55. The summed E-state index contributed by atoms with van der Waals surface area (Å²) in [5.74, 6) is 1.75. The van der Waals surface area contributed by atoms with Gasteiger partial charge >= 0.3 is 0 Å². The molecule has 0 aromatic heterocycles. The van der Waals surface area contributed by atoms with Gasteiger partial charge < -0.3 is 9.64 Å². The predicted octanol–water partition coefficient (Wildman–Crippen LogP) is 2.26. The molecule has 2 rings (SSSR count). The lowest BCUT2D eigenvalue weighted by Gasteiger charge is -2.32. The Bertz CT molecular complexity index is 436.